The van der Waals surface area contributed by atoms with Crippen molar-refractivity contribution in [1.82, 2.24) is 0 Å². The fourth-order valence-corrected chi connectivity index (χ4v) is 5.71. The van der Waals surface area contributed by atoms with Crippen molar-refractivity contribution in [2.45, 2.75) is 64.0 Å². The van der Waals surface area contributed by atoms with Gasteiger partial charge in [0.25, 0.3) is 0 Å². The molecule has 0 saturated heterocycles. The SMILES string of the molecule is CC(C)(C)S(=O)(=O)CC1CCC(C(=O)Cc2ccc(N3CC=CCC3)cc2)CC1. The number of anilines is 1. The summed E-state index contributed by atoms with van der Waals surface area (Å²) in [5.74, 6) is 0.831. The minimum Gasteiger partial charge on any atom is -0.368 e. The van der Waals surface area contributed by atoms with Crippen LogP contribution in [-0.4, -0.2) is 37.8 Å². The van der Waals surface area contributed by atoms with Crippen molar-refractivity contribution in [3.05, 3.63) is 42.0 Å². The predicted octanol–water partition coefficient (Wildman–Crippen LogP) is 4.58. The van der Waals surface area contributed by atoms with Gasteiger partial charge in [-0.1, -0.05) is 24.3 Å². The van der Waals surface area contributed by atoms with Crippen LogP contribution in [-0.2, 0) is 21.1 Å². The molecule has 0 N–H and O–H groups in total. The Hall–Kier alpha value is -1.62. The fraction of sp³-hybridized carbons (Fsp3) is 0.625. The summed E-state index contributed by atoms with van der Waals surface area (Å²) in [6.07, 6.45) is 9.31. The highest BCUT2D eigenvalue weighted by Gasteiger charge is 2.34. The smallest absolute Gasteiger partial charge is 0.155 e. The molecule has 1 aliphatic carbocycles. The monoisotopic (exact) mass is 417 g/mol. The molecule has 4 nitrogen and oxygen atoms in total. The Morgan fingerprint density at radius 1 is 1.03 bits per heavy atom. The lowest BCUT2D eigenvalue weighted by atomic mass is 9.79. The lowest BCUT2D eigenvalue weighted by molar-refractivity contribution is -0.123. The number of carbonyl (C=O) groups is 1. The molecule has 5 heteroatoms. The molecule has 0 radical (unpaired) electrons. The zero-order valence-electron chi connectivity index (χ0n) is 18.1. The van der Waals surface area contributed by atoms with Gasteiger partial charge in [0.05, 0.1) is 10.5 Å². The molecule has 2 aliphatic rings. The highest BCUT2D eigenvalue weighted by atomic mass is 32.2. The average Bonchev–Trinajstić information content (AvgIpc) is 2.68. The van der Waals surface area contributed by atoms with E-state index in [0.717, 1.165) is 50.8 Å². The maximum Gasteiger partial charge on any atom is 0.155 e. The summed E-state index contributed by atoms with van der Waals surface area (Å²) in [5, 5.41) is 0. The van der Waals surface area contributed by atoms with Crippen molar-refractivity contribution in [1.29, 1.82) is 0 Å². The van der Waals surface area contributed by atoms with Gasteiger partial charge < -0.3 is 4.90 Å². The molecule has 0 aromatic heterocycles. The Morgan fingerprint density at radius 2 is 1.69 bits per heavy atom. The first-order valence-corrected chi connectivity index (χ1v) is 12.5. The summed E-state index contributed by atoms with van der Waals surface area (Å²) in [4.78, 5) is 15.1. The zero-order chi connectivity index (χ0) is 21.1. The highest BCUT2D eigenvalue weighted by molar-refractivity contribution is 7.92. The van der Waals surface area contributed by atoms with Crippen molar-refractivity contribution in [2.75, 3.05) is 23.7 Å². The summed E-state index contributed by atoms with van der Waals surface area (Å²) in [5.41, 5.74) is 2.29. The molecule has 160 valence electrons. The Morgan fingerprint density at radius 3 is 2.24 bits per heavy atom. The highest BCUT2D eigenvalue weighted by Crippen LogP contribution is 2.33. The molecule has 3 rings (SSSR count). The minimum atomic E-state index is -3.09. The van der Waals surface area contributed by atoms with E-state index in [4.69, 9.17) is 0 Å². The largest absolute Gasteiger partial charge is 0.368 e. The van der Waals surface area contributed by atoms with Gasteiger partial charge in [-0.3, -0.25) is 4.79 Å². The van der Waals surface area contributed by atoms with E-state index in [1.54, 1.807) is 20.8 Å². The molecular weight excluding hydrogens is 382 g/mol. The van der Waals surface area contributed by atoms with Gasteiger partial charge in [0, 0.05) is 31.1 Å². The van der Waals surface area contributed by atoms with Crippen molar-refractivity contribution >= 4 is 21.3 Å². The third-order valence-corrected chi connectivity index (χ3v) is 9.20. The quantitative estimate of drug-likeness (QED) is 0.636. The summed E-state index contributed by atoms with van der Waals surface area (Å²) >= 11 is 0. The Kier molecular flexibility index (Phi) is 6.87. The van der Waals surface area contributed by atoms with Crippen LogP contribution in [0.1, 0.15) is 58.4 Å². The van der Waals surface area contributed by atoms with E-state index in [-0.39, 0.29) is 17.6 Å². The molecule has 0 unspecified atom stereocenters. The first-order chi connectivity index (χ1) is 13.7. The number of nitrogens with zero attached hydrogens (tertiary/aromatic N) is 1. The van der Waals surface area contributed by atoms with E-state index in [1.807, 2.05) is 0 Å². The first-order valence-electron chi connectivity index (χ1n) is 10.9. The lowest BCUT2D eigenvalue weighted by Crippen LogP contribution is -2.35. The van der Waals surface area contributed by atoms with Crippen LogP contribution >= 0.6 is 0 Å². The predicted molar refractivity (Wildman–Crippen MR) is 120 cm³/mol. The van der Waals surface area contributed by atoms with E-state index in [0.29, 0.717) is 12.2 Å². The number of sulfone groups is 1. The van der Waals surface area contributed by atoms with Gasteiger partial charge in [-0.15, -0.1) is 0 Å². The molecule has 0 atom stereocenters. The summed E-state index contributed by atoms with van der Waals surface area (Å²) < 4.78 is 24.2. The molecule has 1 fully saturated rings. The molecule has 1 aromatic rings. The standard InChI is InChI=1S/C24H35NO3S/c1-24(2,3)29(27,28)18-20-7-11-21(12-8-20)23(26)17-19-9-13-22(14-10-19)25-15-5-4-6-16-25/h4-5,9-10,13-14,20-21H,6-8,11-12,15-18H2,1-3H3. The topological polar surface area (TPSA) is 54.5 Å². The van der Waals surface area contributed by atoms with Gasteiger partial charge in [-0.25, -0.2) is 8.42 Å². The first kappa shape index (κ1) is 22.1. The van der Waals surface area contributed by atoms with Crippen LogP contribution in [0.5, 0.6) is 0 Å². The summed E-state index contributed by atoms with van der Waals surface area (Å²) in [6, 6.07) is 8.40. The Bertz CT molecular complexity index is 826. The third-order valence-electron chi connectivity index (χ3n) is 6.43. The van der Waals surface area contributed by atoms with E-state index in [9.17, 15) is 13.2 Å². The molecule has 0 amide bonds. The van der Waals surface area contributed by atoms with E-state index in [1.165, 1.54) is 5.69 Å². The molecule has 1 heterocycles. The maximum atomic E-state index is 12.8. The number of rotatable bonds is 6. The van der Waals surface area contributed by atoms with Crippen molar-refractivity contribution in [3.8, 4) is 0 Å². The summed E-state index contributed by atoms with van der Waals surface area (Å²) in [6.45, 7) is 7.30. The number of carbonyl (C=O) groups excluding carboxylic acids is 1. The molecule has 1 aromatic carbocycles. The number of hydrogen-bond acceptors (Lipinski definition) is 4. The second-order valence-corrected chi connectivity index (χ2v) is 12.4. The average molecular weight is 418 g/mol. The van der Waals surface area contributed by atoms with Gasteiger partial charge in [0.2, 0.25) is 0 Å². The minimum absolute atomic E-state index is 0.0792. The number of Topliss-reactive ketones (excluding diaryl/α,β-unsaturated/α-hetero) is 1. The lowest BCUT2D eigenvalue weighted by Gasteiger charge is -2.30. The van der Waals surface area contributed by atoms with Crippen LogP contribution in [0.4, 0.5) is 5.69 Å². The van der Waals surface area contributed by atoms with Crippen LogP contribution in [0.25, 0.3) is 0 Å². The normalized spacial score (nSPS) is 23.2. The van der Waals surface area contributed by atoms with E-state index >= 15 is 0 Å². The van der Waals surface area contributed by atoms with Gasteiger partial charge in [0.1, 0.15) is 5.78 Å². The third kappa shape index (κ3) is 5.71. The van der Waals surface area contributed by atoms with Crippen LogP contribution in [0.2, 0.25) is 0 Å². The summed E-state index contributed by atoms with van der Waals surface area (Å²) in [7, 11) is -3.09. The van der Waals surface area contributed by atoms with Gasteiger partial charge in [-0.05, 0) is 76.5 Å². The fourth-order valence-electron chi connectivity index (χ4n) is 4.26. The van der Waals surface area contributed by atoms with Gasteiger partial charge in [0.15, 0.2) is 9.84 Å². The van der Waals surface area contributed by atoms with Crippen LogP contribution in [0.15, 0.2) is 36.4 Å². The van der Waals surface area contributed by atoms with Crippen molar-refractivity contribution < 1.29 is 13.2 Å². The second kappa shape index (κ2) is 9.03. The molecule has 1 aliphatic heterocycles. The Balaban J connectivity index is 1.49. The molecule has 29 heavy (non-hydrogen) atoms. The van der Waals surface area contributed by atoms with Crippen LogP contribution in [0, 0.1) is 11.8 Å². The molecule has 0 spiro atoms. The zero-order valence-corrected chi connectivity index (χ0v) is 18.9. The maximum absolute atomic E-state index is 12.8. The van der Waals surface area contributed by atoms with Crippen LogP contribution < -0.4 is 4.90 Å². The number of hydrogen-bond donors (Lipinski definition) is 0. The number of benzene rings is 1. The van der Waals surface area contributed by atoms with Crippen LogP contribution in [0.3, 0.4) is 0 Å². The second-order valence-electron chi connectivity index (χ2n) is 9.63. The molecule has 0 bridgehead atoms. The van der Waals surface area contributed by atoms with E-state index in [2.05, 4.69) is 41.3 Å². The Labute approximate surface area is 176 Å². The molecule has 1 saturated carbocycles. The molecular formula is C24H35NO3S. The number of ketones is 1. The van der Waals surface area contributed by atoms with Gasteiger partial charge >= 0.3 is 0 Å². The van der Waals surface area contributed by atoms with Crippen molar-refractivity contribution in [2.24, 2.45) is 11.8 Å². The van der Waals surface area contributed by atoms with E-state index < -0.39 is 14.6 Å². The van der Waals surface area contributed by atoms with Gasteiger partial charge in [-0.2, -0.15) is 0 Å². The van der Waals surface area contributed by atoms with Crippen molar-refractivity contribution in [3.63, 3.8) is 0 Å².